The van der Waals surface area contributed by atoms with Crippen molar-refractivity contribution in [3.8, 4) is 0 Å². The lowest BCUT2D eigenvalue weighted by atomic mass is 9.96. The topological polar surface area (TPSA) is 68.3 Å². The Morgan fingerprint density at radius 3 is 1.68 bits per heavy atom. The second kappa shape index (κ2) is 33.2. The van der Waals surface area contributed by atoms with Crippen LogP contribution in [0.5, 0.6) is 0 Å². The minimum Gasteiger partial charge on any atom is -0.465 e. The van der Waals surface area contributed by atoms with E-state index >= 15 is 0 Å². The van der Waals surface area contributed by atoms with Crippen LogP contribution >= 0.6 is 0 Å². The van der Waals surface area contributed by atoms with Crippen LogP contribution in [0.15, 0.2) is 0 Å². The maximum Gasteiger partial charge on any atom is 0.508 e. The van der Waals surface area contributed by atoms with Crippen molar-refractivity contribution in [3.05, 3.63) is 0 Å². The summed E-state index contributed by atoms with van der Waals surface area (Å²) in [4.78, 5) is 29.8. The van der Waals surface area contributed by atoms with Crippen LogP contribution in [0.3, 0.4) is 0 Å². The Kier molecular flexibility index (Phi) is 32.2. The van der Waals surface area contributed by atoms with Gasteiger partial charge < -0.3 is 19.1 Å². The van der Waals surface area contributed by atoms with E-state index in [1.54, 1.807) is 0 Å². The van der Waals surface area contributed by atoms with Gasteiger partial charge in [-0.1, -0.05) is 118 Å². The molecule has 0 saturated carbocycles. The zero-order valence-electron chi connectivity index (χ0n) is 32.5. The Balaban J connectivity index is 4.32. The molecule has 0 aromatic heterocycles. The molecule has 2 unspecified atom stereocenters. The summed E-state index contributed by atoms with van der Waals surface area (Å²) in [6.45, 7) is 21.3. The Bertz CT molecular complexity index is 700. The number of unbranched alkanes of at least 4 members (excludes halogenated alkanes) is 12. The van der Waals surface area contributed by atoms with Crippen molar-refractivity contribution in [2.24, 2.45) is 5.92 Å². The minimum absolute atomic E-state index is 0.0217. The molecule has 0 aliphatic heterocycles. The lowest BCUT2D eigenvalue weighted by Crippen LogP contribution is -2.40. The van der Waals surface area contributed by atoms with Gasteiger partial charge in [0, 0.05) is 32.1 Å². The fourth-order valence-electron chi connectivity index (χ4n) is 6.21. The van der Waals surface area contributed by atoms with E-state index in [2.05, 4.69) is 58.3 Å². The molecule has 0 N–H and O–H groups in total. The van der Waals surface area contributed by atoms with Crippen LogP contribution < -0.4 is 0 Å². The molecule has 0 radical (unpaired) electrons. The third-order valence-corrected chi connectivity index (χ3v) is 9.64. The van der Waals surface area contributed by atoms with Crippen molar-refractivity contribution >= 4 is 12.1 Å². The predicted octanol–water partition coefficient (Wildman–Crippen LogP) is 11.0. The Morgan fingerprint density at radius 1 is 0.574 bits per heavy atom. The van der Waals surface area contributed by atoms with Gasteiger partial charge in [-0.3, -0.25) is 9.69 Å². The molecule has 7 heteroatoms. The van der Waals surface area contributed by atoms with Crippen LogP contribution in [0.25, 0.3) is 0 Å². The summed E-state index contributed by atoms with van der Waals surface area (Å²) >= 11 is 0. The molecule has 0 amide bonds. The van der Waals surface area contributed by atoms with Crippen LogP contribution in [-0.2, 0) is 19.0 Å². The molecule has 0 aliphatic rings. The van der Waals surface area contributed by atoms with Crippen LogP contribution in [0.4, 0.5) is 4.79 Å². The van der Waals surface area contributed by atoms with Gasteiger partial charge in [0.05, 0.1) is 6.61 Å². The van der Waals surface area contributed by atoms with Crippen molar-refractivity contribution in [1.29, 1.82) is 0 Å². The van der Waals surface area contributed by atoms with Crippen molar-refractivity contribution in [2.45, 2.75) is 195 Å². The van der Waals surface area contributed by atoms with Crippen molar-refractivity contribution in [2.75, 3.05) is 45.9 Å². The second-order valence-electron chi connectivity index (χ2n) is 14.0. The van der Waals surface area contributed by atoms with Crippen molar-refractivity contribution < 1.29 is 23.8 Å². The molecule has 0 saturated heterocycles. The van der Waals surface area contributed by atoms with Gasteiger partial charge in [0.1, 0.15) is 12.7 Å². The van der Waals surface area contributed by atoms with Crippen LogP contribution in [0.1, 0.15) is 183 Å². The first-order chi connectivity index (χ1) is 22.8. The quantitative estimate of drug-likeness (QED) is 0.0499. The summed E-state index contributed by atoms with van der Waals surface area (Å²) in [6, 6.07) is 0.406. The van der Waals surface area contributed by atoms with Gasteiger partial charge in [-0.25, -0.2) is 4.79 Å². The fourth-order valence-corrected chi connectivity index (χ4v) is 6.21. The molecule has 0 fully saturated rings. The highest BCUT2D eigenvalue weighted by Gasteiger charge is 2.17. The molecule has 0 bridgehead atoms. The zero-order valence-corrected chi connectivity index (χ0v) is 32.5. The van der Waals surface area contributed by atoms with Gasteiger partial charge in [0.25, 0.3) is 0 Å². The van der Waals surface area contributed by atoms with Crippen LogP contribution in [0.2, 0.25) is 0 Å². The summed E-state index contributed by atoms with van der Waals surface area (Å²) in [6.07, 6.45) is 22.8. The lowest BCUT2D eigenvalue weighted by Gasteiger charge is -2.29. The van der Waals surface area contributed by atoms with E-state index in [0.29, 0.717) is 31.6 Å². The van der Waals surface area contributed by atoms with Crippen molar-refractivity contribution in [3.63, 3.8) is 0 Å². The predicted molar refractivity (Wildman–Crippen MR) is 199 cm³/mol. The molecular weight excluding hydrogens is 588 g/mol. The highest BCUT2D eigenvalue weighted by molar-refractivity contribution is 5.69. The summed E-state index contributed by atoms with van der Waals surface area (Å²) in [5.74, 6) is 0.506. The summed E-state index contributed by atoms with van der Waals surface area (Å²) in [5, 5.41) is 0. The normalized spacial score (nSPS) is 13.0. The lowest BCUT2D eigenvalue weighted by molar-refractivity contribution is -0.145. The maximum atomic E-state index is 12.6. The molecule has 0 rings (SSSR count). The Morgan fingerprint density at radius 2 is 1.11 bits per heavy atom. The van der Waals surface area contributed by atoms with E-state index in [0.717, 1.165) is 90.5 Å². The molecule has 0 aromatic carbocycles. The van der Waals surface area contributed by atoms with Crippen molar-refractivity contribution in [1.82, 2.24) is 9.80 Å². The summed E-state index contributed by atoms with van der Waals surface area (Å²) < 4.78 is 17.1. The molecule has 7 nitrogen and oxygen atoms in total. The highest BCUT2D eigenvalue weighted by Crippen LogP contribution is 2.19. The third-order valence-electron chi connectivity index (χ3n) is 9.64. The summed E-state index contributed by atoms with van der Waals surface area (Å²) in [5.41, 5.74) is 0. The number of nitrogens with zero attached hydrogens (tertiary/aromatic N) is 2. The summed E-state index contributed by atoms with van der Waals surface area (Å²) in [7, 11) is 0. The van der Waals surface area contributed by atoms with E-state index in [1.165, 1.54) is 70.6 Å². The second-order valence-corrected chi connectivity index (χ2v) is 14.0. The van der Waals surface area contributed by atoms with Gasteiger partial charge in [-0.2, -0.15) is 0 Å². The third kappa shape index (κ3) is 28.2. The minimum atomic E-state index is -0.516. The van der Waals surface area contributed by atoms with Gasteiger partial charge >= 0.3 is 12.1 Å². The molecular formula is C40H80N2O5. The Hall–Kier alpha value is -1.34. The average Bonchev–Trinajstić information content (AvgIpc) is 3.06. The van der Waals surface area contributed by atoms with Gasteiger partial charge in [-0.05, 0) is 77.8 Å². The first-order valence-electron chi connectivity index (χ1n) is 20.3. The number of ether oxygens (including phenoxy) is 3. The van der Waals surface area contributed by atoms with Gasteiger partial charge in [0.2, 0.25) is 0 Å². The number of likely N-dealkylation sites (N-methyl/N-ethyl adjacent to an activating group) is 1. The van der Waals surface area contributed by atoms with Crippen LogP contribution in [0, 0.1) is 5.92 Å². The van der Waals surface area contributed by atoms with E-state index in [1.807, 2.05) is 0 Å². The molecule has 47 heavy (non-hydrogen) atoms. The molecule has 2 atom stereocenters. The monoisotopic (exact) mass is 669 g/mol. The van der Waals surface area contributed by atoms with E-state index < -0.39 is 6.16 Å². The number of hydrogen-bond acceptors (Lipinski definition) is 7. The standard InChI is InChI=1S/C40H80N2O5/c1-8-13-16-22-27-37(26-15-10-3)35-46-39(43)30-25-21-19-18-20-24-29-38(28-23-17-14-9-2)47-40(44)45-34-33-42(36(6)7)32-31-41(11-4)12-5/h36-38H,8-35H2,1-7H3. The fraction of sp³-hybridized carbons (Fsp3) is 0.950. The molecule has 0 spiro atoms. The number of hydrogen-bond donors (Lipinski definition) is 0. The highest BCUT2D eigenvalue weighted by atomic mass is 16.7. The number of carbonyl (C=O) groups excluding carboxylic acids is 2. The molecule has 0 aromatic rings. The largest absolute Gasteiger partial charge is 0.508 e. The van der Waals surface area contributed by atoms with Gasteiger partial charge in [0.15, 0.2) is 0 Å². The van der Waals surface area contributed by atoms with Gasteiger partial charge in [-0.15, -0.1) is 0 Å². The van der Waals surface area contributed by atoms with Crippen LogP contribution in [-0.4, -0.2) is 80.0 Å². The smallest absolute Gasteiger partial charge is 0.465 e. The molecule has 0 aliphatic carbocycles. The molecule has 0 heterocycles. The molecule has 280 valence electrons. The number of rotatable bonds is 34. The van der Waals surface area contributed by atoms with E-state index in [-0.39, 0.29) is 12.1 Å². The zero-order chi connectivity index (χ0) is 35.0. The SMILES string of the molecule is CCCCCCC(CCCC)COC(=O)CCCCCCCCC(CCCCCC)OC(=O)OCCN(CCN(CC)CC)C(C)C. The first kappa shape index (κ1) is 45.7. The van der Waals surface area contributed by atoms with E-state index in [4.69, 9.17) is 14.2 Å². The Labute approximate surface area is 292 Å². The first-order valence-corrected chi connectivity index (χ1v) is 20.3. The average molecular weight is 669 g/mol. The number of esters is 1. The maximum absolute atomic E-state index is 12.6. The van der Waals surface area contributed by atoms with E-state index in [9.17, 15) is 9.59 Å². The number of carbonyl (C=O) groups is 2.